The Kier molecular flexibility index (Phi) is 11.9. The van der Waals surface area contributed by atoms with Crippen molar-refractivity contribution in [2.75, 3.05) is 36.5 Å². The highest BCUT2D eigenvalue weighted by Gasteiger charge is 2.50. The summed E-state index contributed by atoms with van der Waals surface area (Å²) in [5.74, 6) is -0.411. The van der Waals surface area contributed by atoms with Crippen molar-refractivity contribution in [1.29, 1.82) is 5.26 Å². The monoisotopic (exact) mass is 942 g/mol. The number of benzene rings is 3. The van der Waals surface area contributed by atoms with Gasteiger partial charge in [0.1, 0.15) is 24.1 Å². The summed E-state index contributed by atoms with van der Waals surface area (Å²) in [7, 11) is -4.72. The minimum absolute atomic E-state index is 0.00774. The first-order chi connectivity index (χ1) is 32.6. The van der Waals surface area contributed by atoms with Gasteiger partial charge in [-0.3, -0.25) is 19.8 Å². The number of piperidine rings is 1. The van der Waals surface area contributed by atoms with Crippen LogP contribution < -0.4 is 24.4 Å². The molecule has 356 valence electrons. The van der Waals surface area contributed by atoms with E-state index in [9.17, 15) is 33.7 Å². The van der Waals surface area contributed by atoms with Crippen LogP contribution in [-0.2, 0) is 10.0 Å². The van der Waals surface area contributed by atoms with Crippen molar-refractivity contribution in [1.82, 2.24) is 19.6 Å². The molecule has 5 aliphatic rings. The fourth-order valence-corrected chi connectivity index (χ4v) is 12.6. The Bertz CT molecular complexity index is 2920. The number of anilines is 2. The number of carbonyl (C=O) groups is 1. The van der Waals surface area contributed by atoms with Gasteiger partial charge >= 0.3 is 0 Å². The molecule has 3 aromatic carbocycles. The number of aromatic amines is 1. The van der Waals surface area contributed by atoms with Gasteiger partial charge in [0.05, 0.1) is 27.0 Å². The molecular formula is C51H58N8O8S. The molecule has 68 heavy (non-hydrogen) atoms. The van der Waals surface area contributed by atoms with Gasteiger partial charge in [-0.15, -0.1) is 0 Å². The number of nitriles is 1. The summed E-state index contributed by atoms with van der Waals surface area (Å²) in [6.45, 7) is 9.18. The molecule has 0 bridgehead atoms. The smallest absolute Gasteiger partial charge is 0.297 e. The standard InChI is InChI=1S/C51H58N8O8S/c1-31(2)37-7-4-5-8-38(37)42-9-6-20-58(42)35-27-51(28-35)17-21-57(22-18-51)34-10-11-39(44(24-34)67-45-23-33-14-19-53-48(33)55-40(45)29-52)49(60)56-68(64,65)36-25-43(59(62)63)47-46(26-36)66-30-41(54-47)32-12-15-50(3,61)16-13-32/h4-5,7-8,10-11,14,19,23-26,31-32,35,41-42,54,61H,6,9,12-13,15-18,20-22,27-28,30H2,1-3H3,(H,53,55)(H,56,60)/t32?,41-,42+,50?/m1/s1. The fourth-order valence-electron chi connectivity index (χ4n) is 11.6. The van der Waals surface area contributed by atoms with E-state index < -0.39 is 37.0 Å². The number of carbonyl (C=O) groups excluding carboxylic acids is 1. The second-order valence-electron chi connectivity index (χ2n) is 20.3. The summed E-state index contributed by atoms with van der Waals surface area (Å²) in [4.78, 5) is 37.8. The first-order valence-corrected chi connectivity index (χ1v) is 25.4. The lowest BCUT2D eigenvalue weighted by molar-refractivity contribution is -0.384. The molecule has 5 heterocycles. The Labute approximate surface area is 396 Å². The SMILES string of the molecule is CC(C)c1ccccc1[C@@H]1CCCN1C1CC2(CCN(c3ccc(C(=O)NS(=O)(=O)c4cc5c(c([N+](=O)[O-])c4)N[C@@H](C4CCC(C)(O)CC4)CO5)c(Oc4cc5cc[nH]c5nc4C#N)c3)CC2)C1. The average Bonchev–Trinajstić information content (AvgIpc) is 3.99. The number of hydrogen-bond donors (Lipinski definition) is 4. The minimum Gasteiger partial charge on any atom is -0.489 e. The maximum absolute atomic E-state index is 14.2. The summed E-state index contributed by atoms with van der Waals surface area (Å²) in [5.41, 5.74) is 3.04. The van der Waals surface area contributed by atoms with Gasteiger partial charge in [-0.25, -0.2) is 18.1 Å². The first-order valence-electron chi connectivity index (χ1n) is 23.9. The van der Waals surface area contributed by atoms with E-state index in [1.54, 1.807) is 37.4 Å². The van der Waals surface area contributed by atoms with Crippen LogP contribution in [0.3, 0.4) is 0 Å². The topological polar surface area (TPSA) is 216 Å². The van der Waals surface area contributed by atoms with Crippen molar-refractivity contribution in [3.8, 4) is 23.3 Å². The number of amides is 1. The van der Waals surface area contributed by atoms with Crippen molar-refractivity contribution in [2.24, 2.45) is 11.3 Å². The predicted molar refractivity (Wildman–Crippen MR) is 257 cm³/mol. The van der Waals surface area contributed by atoms with Gasteiger partial charge in [0, 0.05) is 60.6 Å². The molecule has 5 aromatic rings. The predicted octanol–water partition coefficient (Wildman–Crippen LogP) is 9.08. The van der Waals surface area contributed by atoms with Gasteiger partial charge in [0.2, 0.25) is 0 Å². The number of H-pyrrole nitrogens is 1. The van der Waals surface area contributed by atoms with Crippen molar-refractivity contribution in [2.45, 2.75) is 120 Å². The number of hydrogen-bond acceptors (Lipinski definition) is 13. The van der Waals surface area contributed by atoms with Gasteiger partial charge < -0.3 is 29.8 Å². The molecule has 3 aliphatic heterocycles. The van der Waals surface area contributed by atoms with Crippen LogP contribution >= 0.6 is 0 Å². The Morgan fingerprint density at radius 3 is 2.53 bits per heavy atom. The van der Waals surface area contributed by atoms with Crippen LogP contribution in [0.1, 0.15) is 124 Å². The second kappa shape index (κ2) is 17.7. The van der Waals surface area contributed by atoms with Crippen molar-refractivity contribution < 1.29 is 32.7 Å². The van der Waals surface area contributed by atoms with Crippen LogP contribution in [-0.4, -0.2) is 83.1 Å². The molecule has 4 fully saturated rings. The number of pyridine rings is 1. The molecule has 1 spiro atoms. The largest absolute Gasteiger partial charge is 0.489 e. The van der Waals surface area contributed by atoms with Crippen LogP contribution in [0.2, 0.25) is 0 Å². The summed E-state index contributed by atoms with van der Waals surface area (Å²) in [5, 5.41) is 36.8. The quantitative estimate of drug-likeness (QED) is 0.0719. The molecule has 16 nitrogen and oxygen atoms in total. The van der Waals surface area contributed by atoms with Gasteiger partial charge in [-0.2, -0.15) is 5.26 Å². The normalized spacial score (nSPS) is 23.9. The molecule has 1 amide bonds. The van der Waals surface area contributed by atoms with Gasteiger partial charge in [-0.1, -0.05) is 38.1 Å². The van der Waals surface area contributed by atoms with E-state index in [0.29, 0.717) is 54.7 Å². The van der Waals surface area contributed by atoms with E-state index in [2.05, 4.69) is 74.0 Å². The molecule has 2 saturated heterocycles. The number of nitro benzene ring substituents is 1. The summed E-state index contributed by atoms with van der Waals surface area (Å²) in [6.07, 6.45) is 11.0. The zero-order chi connectivity index (χ0) is 47.5. The minimum atomic E-state index is -4.72. The highest BCUT2D eigenvalue weighted by atomic mass is 32.2. The zero-order valence-electron chi connectivity index (χ0n) is 38.7. The maximum Gasteiger partial charge on any atom is 0.297 e. The molecule has 10 rings (SSSR count). The van der Waals surface area contributed by atoms with Crippen LogP contribution in [0.25, 0.3) is 11.0 Å². The molecule has 17 heteroatoms. The molecule has 0 radical (unpaired) electrons. The van der Waals surface area contributed by atoms with E-state index in [-0.39, 0.29) is 58.2 Å². The first kappa shape index (κ1) is 45.6. The van der Waals surface area contributed by atoms with E-state index in [4.69, 9.17) is 9.47 Å². The van der Waals surface area contributed by atoms with Crippen LogP contribution in [0.15, 0.2) is 77.8 Å². The Balaban J connectivity index is 0.876. The molecule has 2 atom stereocenters. The number of nitro groups is 1. The molecule has 0 unspecified atom stereocenters. The third-order valence-electron chi connectivity index (χ3n) is 15.5. The summed E-state index contributed by atoms with van der Waals surface area (Å²) >= 11 is 0. The van der Waals surface area contributed by atoms with Gasteiger partial charge in [-0.05, 0) is 130 Å². The third-order valence-corrected chi connectivity index (χ3v) is 16.8. The van der Waals surface area contributed by atoms with E-state index in [1.807, 2.05) is 0 Å². The molecular weight excluding hydrogens is 885 g/mol. The lowest BCUT2D eigenvalue weighted by Crippen LogP contribution is -2.54. The number of fused-ring (bicyclic) bond motifs is 2. The van der Waals surface area contributed by atoms with Crippen molar-refractivity contribution >= 4 is 44.0 Å². The maximum atomic E-state index is 14.2. The molecule has 2 aliphatic carbocycles. The Hall–Kier alpha value is -6.22. The average molecular weight is 943 g/mol. The Morgan fingerprint density at radius 2 is 1.79 bits per heavy atom. The van der Waals surface area contributed by atoms with E-state index >= 15 is 0 Å². The summed E-state index contributed by atoms with van der Waals surface area (Å²) < 4.78 is 42.5. The number of ether oxygens (including phenoxy) is 2. The number of likely N-dealkylation sites (tertiary alicyclic amines) is 1. The lowest BCUT2D eigenvalue weighted by Gasteiger charge is -2.56. The number of aliphatic hydroxyl groups is 1. The van der Waals surface area contributed by atoms with E-state index in [0.717, 1.165) is 57.1 Å². The fraction of sp³-hybridized carbons (Fsp3) is 0.471. The molecule has 4 N–H and O–H groups in total. The van der Waals surface area contributed by atoms with Crippen LogP contribution in [0, 0.1) is 32.8 Å². The highest BCUT2D eigenvalue weighted by molar-refractivity contribution is 7.90. The number of nitrogens with one attached hydrogen (secondary N) is 3. The van der Waals surface area contributed by atoms with Crippen LogP contribution in [0.4, 0.5) is 17.1 Å². The molecule has 2 saturated carbocycles. The van der Waals surface area contributed by atoms with Gasteiger partial charge in [0.15, 0.2) is 22.9 Å². The molecule has 2 aromatic heterocycles. The Morgan fingerprint density at radius 1 is 1.03 bits per heavy atom. The van der Waals surface area contributed by atoms with Gasteiger partial charge in [0.25, 0.3) is 21.6 Å². The lowest BCUT2D eigenvalue weighted by atomic mass is 9.59. The number of rotatable bonds is 11. The summed E-state index contributed by atoms with van der Waals surface area (Å²) in [6, 6.07) is 22.2. The second-order valence-corrected chi connectivity index (χ2v) is 22.0. The number of nitrogens with zero attached hydrogens (tertiary/aromatic N) is 5. The zero-order valence-corrected chi connectivity index (χ0v) is 39.5. The van der Waals surface area contributed by atoms with E-state index in [1.165, 1.54) is 36.1 Å². The number of sulfonamides is 1. The van der Waals surface area contributed by atoms with Crippen molar-refractivity contribution in [3.05, 3.63) is 105 Å². The third kappa shape index (κ3) is 8.73. The highest BCUT2D eigenvalue weighted by Crippen LogP contribution is 2.54. The van der Waals surface area contributed by atoms with Crippen LogP contribution in [0.5, 0.6) is 17.2 Å². The number of aromatic nitrogens is 2. The van der Waals surface area contributed by atoms with Crippen molar-refractivity contribution in [3.63, 3.8) is 0 Å².